The van der Waals surface area contributed by atoms with Crippen molar-refractivity contribution in [3.63, 3.8) is 0 Å². The van der Waals surface area contributed by atoms with Gasteiger partial charge < -0.3 is 10.4 Å². The summed E-state index contributed by atoms with van der Waals surface area (Å²) in [7, 11) is 0. The summed E-state index contributed by atoms with van der Waals surface area (Å²) in [5.41, 5.74) is 2.83. The average molecular weight is 321 g/mol. The highest BCUT2D eigenvalue weighted by molar-refractivity contribution is 5.77. The SMILES string of the molecule is O=C(O)C(Cc1ccccc1)Nc1cnn(Cc2ccccc2)c1. The predicted molar refractivity (Wildman–Crippen MR) is 93.0 cm³/mol. The molecule has 0 aliphatic rings. The monoisotopic (exact) mass is 321 g/mol. The lowest BCUT2D eigenvalue weighted by Crippen LogP contribution is -2.31. The number of aromatic nitrogens is 2. The van der Waals surface area contributed by atoms with E-state index in [9.17, 15) is 9.90 Å². The number of carbonyl (C=O) groups is 1. The van der Waals surface area contributed by atoms with Crippen molar-refractivity contribution in [1.29, 1.82) is 0 Å². The van der Waals surface area contributed by atoms with E-state index in [0.29, 0.717) is 18.7 Å². The first-order valence-corrected chi connectivity index (χ1v) is 7.80. The second kappa shape index (κ2) is 7.46. The van der Waals surface area contributed by atoms with Crippen molar-refractivity contribution in [1.82, 2.24) is 9.78 Å². The highest BCUT2D eigenvalue weighted by Gasteiger charge is 2.18. The molecule has 0 bridgehead atoms. The van der Waals surface area contributed by atoms with E-state index in [1.807, 2.05) is 66.9 Å². The summed E-state index contributed by atoms with van der Waals surface area (Å²) in [6, 6.07) is 18.9. The Bertz CT molecular complexity index is 785. The molecule has 0 amide bonds. The number of aliphatic carboxylic acids is 1. The van der Waals surface area contributed by atoms with Crippen LogP contribution in [0.1, 0.15) is 11.1 Å². The molecule has 0 fully saturated rings. The number of anilines is 1. The van der Waals surface area contributed by atoms with Crippen LogP contribution in [-0.4, -0.2) is 26.9 Å². The van der Waals surface area contributed by atoms with Gasteiger partial charge in [0.15, 0.2) is 0 Å². The third kappa shape index (κ3) is 4.23. The zero-order valence-electron chi connectivity index (χ0n) is 13.2. The van der Waals surface area contributed by atoms with E-state index in [2.05, 4.69) is 10.4 Å². The average Bonchev–Trinajstić information content (AvgIpc) is 3.03. The minimum absolute atomic E-state index is 0.417. The first kappa shape index (κ1) is 15.8. The van der Waals surface area contributed by atoms with Gasteiger partial charge in [0.2, 0.25) is 0 Å². The van der Waals surface area contributed by atoms with E-state index in [4.69, 9.17) is 0 Å². The van der Waals surface area contributed by atoms with E-state index in [-0.39, 0.29) is 0 Å². The lowest BCUT2D eigenvalue weighted by Gasteiger charge is -2.14. The van der Waals surface area contributed by atoms with Crippen LogP contribution in [0.3, 0.4) is 0 Å². The summed E-state index contributed by atoms with van der Waals surface area (Å²) < 4.78 is 1.79. The van der Waals surface area contributed by atoms with E-state index < -0.39 is 12.0 Å². The van der Waals surface area contributed by atoms with Crippen molar-refractivity contribution in [3.05, 3.63) is 84.2 Å². The molecule has 0 spiro atoms. The third-order valence-corrected chi connectivity index (χ3v) is 3.74. The molecule has 2 N–H and O–H groups in total. The van der Waals surface area contributed by atoms with Gasteiger partial charge in [-0.3, -0.25) is 4.68 Å². The fraction of sp³-hybridized carbons (Fsp3) is 0.158. The van der Waals surface area contributed by atoms with E-state index in [1.165, 1.54) is 0 Å². The Hall–Kier alpha value is -3.08. The second-order valence-corrected chi connectivity index (χ2v) is 5.64. The first-order chi connectivity index (χ1) is 11.7. The van der Waals surface area contributed by atoms with Crippen molar-refractivity contribution in [3.8, 4) is 0 Å². The Morgan fingerprint density at radius 3 is 2.29 bits per heavy atom. The van der Waals surface area contributed by atoms with Gasteiger partial charge in [-0.05, 0) is 11.1 Å². The minimum atomic E-state index is -0.880. The van der Waals surface area contributed by atoms with Gasteiger partial charge in [0.25, 0.3) is 0 Å². The molecule has 5 nitrogen and oxygen atoms in total. The van der Waals surface area contributed by atoms with E-state index in [0.717, 1.165) is 11.1 Å². The molecule has 24 heavy (non-hydrogen) atoms. The number of nitrogens with one attached hydrogen (secondary N) is 1. The van der Waals surface area contributed by atoms with Crippen molar-refractivity contribution in [2.45, 2.75) is 19.0 Å². The molecule has 1 unspecified atom stereocenters. The van der Waals surface area contributed by atoms with Gasteiger partial charge in [-0.15, -0.1) is 0 Å². The van der Waals surface area contributed by atoms with Gasteiger partial charge in [-0.25, -0.2) is 4.79 Å². The van der Waals surface area contributed by atoms with Crippen LogP contribution >= 0.6 is 0 Å². The molecule has 0 aliphatic heterocycles. The zero-order valence-corrected chi connectivity index (χ0v) is 13.2. The summed E-state index contributed by atoms with van der Waals surface area (Å²) >= 11 is 0. The molecule has 1 aromatic heterocycles. The van der Waals surface area contributed by atoms with Crippen LogP contribution in [0.2, 0.25) is 0 Å². The molecule has 5 heteroatoms. The highest BCUT2D eigenvalue weighted by Crippen LogP contribution is 2.12. The Morgan fingerprint density at radius 1 is 1.04 bits per heavy atom. The number of nitrogens with zero attached hydrogens (tertiary/aromatic N) is 2. The van der Waals surface area contributed by atoms with Gasteiger partial charge >= 0.3 is 5.97 Å². The quantitative estimate of drug-likeness (QED) is 0.702. The zero-order chi connectivity index (χ0) is 16.8. The van der Waals surface area contributed by atoms with Gasteiger partial charge in [0.05, 0.1) is 18.4 Å². The number of carboxylic acid groups (broad SMARTS) is 1. The number of carboxylic acids is 1. The molecular formula is C19H19N3O2. The topological polar surface area (TPSA) is 67.2 Å². The summed E-state index contributed by atoms with van der Waals surface area (Å²) in [5.74, 6) is -0.880. The molecule has 122 valence electrons. The lowest BCUT2D eigenvalue weighted by atomic mass is 10.1. The molecule has 3 aromatic rings. The van der Waals surface area contributed by atoms with Gasteiger partial charge in [-0.2, -0.15) is 5.10 Å². The van der Waals surface area contributed by atoms with Crippen molar-refractivity contribution in [2.24, 2.45) is 0 Å². The Kier molecular flexibility index (Phi) is 4.91. The summed E-state index contributed by atoms with van der Waals surface area (Å²) in [6.07, 6.45) is 3.90. The molecule has 0 saturated carbocycles. The van der Waals surface area contributed by atoms with Gasteiger partial charge in [0.1, 0.15) is 6.04 Å². The van der Waals surface area contributed by atoms with Crippen LogP contribution in [0.25, 0.3) is 0 Å². The Labute approximate surface area is 140 Å². The Balaban J connectivity index is 1.66. The highest BCUT2D eigenvalue weighted by atomic mass is 16.4. The van der Waals surface area contributed by atoms with Crippen LogP contribution in [0, 0.1) is 0 Å². The van der Waals surface area contributed by atoms with Crippen LogP contribution in [0.4, 0.5) is 5.69 Å². The van der Waals surface area contributed by atoms with Gasteiger partial charge in [0, 0.05) is 12.6 Å². The summed E-state index contributed by atoms with van der Waals surface area (Å²) in [5, 5.41) is 16.8. The molecule has 2 aromatic carbocycles. The minimum Gasteiger partial charge on any atom is -0.480 e. The first-order valence-electron chi connectivity index (χ1n) is 7.80. The number of rotatable bonds is 7. The van der Waals surface area contributed by atoms with Crippen LogP contribution in [-0.2, 0) is 17.8 Å². The van der Waals surface area contributed by atoms with E-state index in [1.54, 1.807) is 10.9 Å². The largest absolute Gasteiger partial charge is 0.480 e. The van der Waals surface area contributed by atoms with Crippen molar-refractivity contribution in [2.75, 3.05) is 5.32 Å². The van der Waals surface area contributed by atoms with Crippen LogP contribution < -0.4 is 5.32 Å². The lowest BCUT2D eigenvalue weighted by molar-refractivity contribution is -0.137. The maximum absolute atomic E-state index is 11.5. The molecular weight excluding hydrogens is 302 g/mol. The van der Waals surface area contributed by atoms with Gasteiger partial charge in [-0.1, -0.05) is 60.7 Å². The normalized spacial score (nSPS) is 11.8. The summed E-state index contributed by atoms with van der Waals surface area (Å²) in [4.78, 5) is 11.5. The summed E-state index contributed by atoms with van der Waals surface area (Å²) in [6.45, 7) is 0.652. The standard InChI is InChI=1S/C19H19N3O2/c23-19(24)18(11-15-7-3-1-4-8-15)21-17-12-20-22(14-17)13-16-9-5-2-6-10-16/h1-10,12,14,18,21H,11,13H2,(H,23,24). The fourth-order valence-corrected chi connectivity index (χ4v) is 2.55. The van der Waals surface area contributed by atoms with Crippen LogP contribution in [0.15, 0.2) is 73.1 Å². The fourth-order valence-electron chi connectivity index (χ4n) is 2.55. The Morgan fingerprint density at radius 2 is 1.67 bits per heavy atom. The number of hydrogen-bond acceptors (Lipinski definition) is 3. The van der Waals surface area contributed by atoms with E-state index >= 15 is 0 Å². The molecule has 1 atom stereocenters. The number of benzene rings is 2. The third-order valence-electron chi connectivity index (χ3n) is 3.74. The van der Waals surface area contributed by atoms with Crippen molar-refractivity contribution >= 4 is 11.7 Å². The molecule has 0 aliphatic carbocycles. The number of hydrogen-bond donors (Lipinski definition) is 2. The smallest absolute Gasteiger partial charge is 0.326 e. The van der Waals surface area contributed by atoms with Crippen LogP contribution in [0.5, 0.6) is 0 Å². The second-order valence-electron chi connectivity index (χ2n) is 5.64. The maximum Gasteiger partial charge on any atom is 0.326 e. The maximum atomic E-state index is 11.5. The molecule has 0 saturated heterocycles. The van der Waals surface area contributed by atoms with Crippen molar-refractivity contribution < 1.29 is 9.90 Å². The molecule has 1 heterocycles. The predicted octanol–water partition coefficient (Wildman–Crippen LogP) is 3.04. The molecule has 3 rings (SSSR count). The molecule has 0 radical (unpaired) electrons.